The first-order valence-corrected chi connectivity index (χ1v) is 12.9. The molecule has 192 valence electrons. The van der Waals surface area contributed by atoms with E-state index in [1.54, 1.807) is 45.0 Å². The van der Waals surface area contributed by atoms with Gasteiger partial charge in [-0.1, -0.05) is 65.0 Å². The number of benzene rings is 1. The molecular weight excluding hydrogens is 460 g/mol. The summed E-state index contributed by atoms with van der Waals surface area (Å²) in [6.45, 7) is 8.95. The second kappa shape index (κ2) is 12.8. The second-order valence-corrected chi connectivity index (χ2v) is 11.7. The number of sulfonamides is 1. The van der Waals surface area contributed by atoms with Crippen LogP contribution in [0.1, 0.15) is 46.6 Å². The molecule has 0 aromatic heterocycles. The highest BCUT2D eigenvalue weighted by Gasteiger charge is 2.40. The largest absolute Gasteiger partial charge is 0.357 e. The smallest absolute Gasteiger partial charge is 0.262 e. The van der Waals surface area contributed by atoms with Crippen molar-refractivity contribution in [3.8, 4) is 0 Å². The van der Waals surface area contributed by atoms with Crippen LogP contribution in [0, 0.1) is 17.3 Å². The van der Waals surface area contributed by atoms with E-state index < -0.39 is 51.2 Å². The molecule has 3 amide bonds. The average Bonchev–Trinajstić information content (AvgIpc) is 2.77. The van der Waals surface area contributed by atoms with Gasteiger partial charge in [0.15, 0.2) is 0 Å². The van der Waals surface area contributed by atoms with Gasteiger partial charge in [0.2, 0.25) is 21.8 Å². The van der Waals surface area contributed by atoms with Crippen molar-refractivity contribution < 1.29 is 28.0 Å². The highest BCUT2D eigenvalue weighted by atomic mass is 32.2. The highest BCUT2D eigenvalue weighted by molar-refractivity contribution is 7.89. The van der Waals surface area contributed by atoms with Crippen LogP contribution in [0.5, 0.6) is 0 Å². The van der Waals surface area contributed by atoms with Gasteiger partial charge in [-0.15, -0.1) is 0 Å². The zero-order valence-electron chi connectivity index (χ0n) is 20.7. The summed E-state index contributed by atoms with van der Waals surface area (Å²) in [4.78, 5) is 38.2. The molecule has 0 saturated carbocycles. The Morgan fingerprint density at radius 2 is 1.59 bits per heavy atom. The topological polar surface area (TPSA) is 154 Å². The van der Waals surface area contributed by atoms with Gasteiger partial charge in [-0.05, 0) is 29.7 Å². The SMILES string of the molecule is CNC(=O)[C@@H](NC(=O)[C@H](CC(C)C)[C@H](NS(=O)(=O)CCc1ccccc1)C(=O)NO)C(C)(C)C. The lowest BCUT2D eigenvalue weighted by Gasteiger charge is -2.33. The number of likely N-dealkylation sites (N-methyl/N-ethyl adjacent to an activating group) is 1. The van der Waals surface area contributed by atoms with Crippen LogP contribution in [0.25, 0.3) is 0 Å². The van der Waals surface area contributed by atoms with E-state index in [-0.39, 0.29) is 24.5 Å². The number of nitrogens with one attached hydrogen (secondary N) is 4. The van der Waals surface area contributed by atoms with E-state index in [1.165, 1.54) is 12.5 Å². The lowest BCUT2D eigenvalue weighted by atomic mass is 9.84. The average molecular weight is 499 g/mol. The maximum Gasteiger partial charge on any atom is 0.262 e. The van der Waals surface area contributed by atoms with Crippen LogP contribution in [0.15, 0.2) is 30.3 Å². The molecule has 0 saturated heterocycles. The van der Waals surface area contributed by atoms with Crippen LogP contribution in [0.3, 0.4) is 0 Å². The number of hydrogen-bond donors (Lipinski definition) is 5. The third kappa shape index (κ3) is 9.40. The van der Waals surface area contributed by atoms with Crippen molar-refractivity contribution in [3.05, 3.63) is 35.9 Å². The summed E-state index contributed by atoms with van der Waals surface area (Å²) < 4.78 is 27.9. The van der Waals surface area contributed by atoms with Gasteiger partial charge in [0.1, 0.15) is 12.1 Å². The van der Waals surface area contributed by atoms with Crippen molar-refractivity contribution in [2.45, 2.75) is 59.5 Å². The molecule has 0 spiro atoms. The number of carbonyl (C=O) groups is 3. The van der Waals surface area contributed by atoms with Crippen molar-refractivity contribution >= 4 is 27.7 Å². The summed E-state index contributed by atoms with van der Waals surface area (Å²) in [5.74, 6) is -3.73. The van der Waals surface area contributed by atoms with Gasteiger partial charge in [0, 0.05) is 7.05 Å². The minimum absolute atomic E-state index is 0.0911. The molecule has 1 rings (SSSR count). The van der Waals surface area contributed by atoms with Crippen LogP contribution >= 0.6 is 0 Å². The van der Waals surface area contributed by atoms with Crippen LogP contribution in [0.2, 0.25) is 0 Å². The quantitative estimate of drug-likeness (QED) is 0.214. The molecular formula is C23H38N4O6S. The van der Waals surface area contributed by atoms with E-state index in [4.69, 9.17) is 0 Å². The van der Waals surface area contributed by atoms with Crippen LogP contribution in [0.4, 0.5) is 0 Å². The molecule has 5 N–H and O–H groups in total. The first-order valence-electron chi connectivity index (χ1n) is 11.2. The van der Waals surface area contributed by atoms with E-state index in [2.05, 4.69) is 15.4 Å². The minimum Gasteiger partial charge on any atom is -0.357 e. The maximum atomic E-state index is 13.3. The van der Waals surface area contributed by atoms with Gasteiger partial charge in [-0.3, -0.25) is 19.6 Å². The fourth-order valence-corrected chi connectivity index (χ4v) is 4.79. The third-order valence-electron chi connectivity index (χ3n) is 5.33. The standard InChI is InChI=1S/C23H38N4O6S/c1-15(2)14-17(20(28)25-19(22(30)24-6)23(3,4)5)18(21(29)26-31)27-34(32,33)13-12-16-10-8-7-9-11-16/h7-11,15,17-19,27,31H,12-14H2,1-6H3,(H,24,30)(H,25,28)(H,26,29)/t17-,18+,19-/m1/s1. The summed E-state index contributed by atoms with van der Waals surface area (Å²) in [5, 5.41) is 14.5. The Labute approximate surface area is 202 Å². The number of amides is 3. The number of hydroxylamine groups is 1. The Hall–Kier alpha value is -2.50. The van der Waals surface area contributed by atoms with Gasteiger partial charge in [0.25, 0.3) is 5.91 Å². The molecule has 3 atom stereocenters. The van der Waals surface area contributed by atoms with Gasteiger partial charge in [-0.25, -0.2) is 18.6 Å². The zero-order valence-corrected chi connectivity index (χ0v) is 21.5. The molecule has 1 aromatic rings. The number of rotatable bonds is 12. The normalized spacial score (nSPS) is 14.7. The third-order valence-corrected chi connectivity index (χ3v) is 6.68. The molecule has 0 heterocycles. The first-order chi connectivity index (χ1) is 15.7. The molecule has 0 fully saturated rings. The maximum absolute atomic E-state index is 13.3. The Bertz CT molecular complexity index is 929. The second-order valence-electron chi connectivity index (χ2n) is 9.78. The van der Waals surface area contributed by atoms with Gasteiger partial charge < -0.3 is 10.6 Å². The van der Waals surface area contributed by atoms with E-state index in [1.807, 2.05) is 19.9 Å². The predicted molar refractivity (Wildman–Crippen MR) is 129 cm³/mol. The van der Waals surface area contributed by atoms with E-state index in [0.717, 1.165) is 5.56 Å². The van der Waals surface area contributed by atoms with Crippen LogP contribution in [-0.2, 0) is 30.8 Å². The molecule has 0 aliphatic carbocycles. The number of hydrogen-bond acceptors (Lipinski definition) is 6. The lowest BCUT2D eigenvalue weighted by molar-refractivity contribution is -0.139. The summed E-state index contributed by atoms with van der Waals surface area (Å²) in [6.07, 6.45) is 0.336. The number of aryl methyl sites for hydroxylation is 1. The summed E-state index contributed by atoms with van der Waals surface area (Å²) in [6, 6.07) is 6.47. The fraction of sp³-hybridized carbons (Fsp3) is 0.609. The Kier molecular flexibility index (Phi) is 11.1. The molecule has 10 nitrogen and oxygen atoms in total. The highest BCUT2D eigenvalue weighted by Crippen LogP contribution is 2.23. The Morgan fingerprint density at radius 1 is 1.00 bits per heavy atom. The molecule has 0 unspecified atom stereocenters. The molecule has 11 heteroatoms. The molecule has 0 bridgehead atoms. The lowest BCUT2D eigenvalue weighted by Crippen LogP contribution is -2.59. The molecule has 0 aliphatic heterocycles. The Balaban J connectivity index is 3.21. The molecule has 1 aromatic carbocycles. The fourth-order valence-electron chi connectivity index (χ4n) is 3.51. The summed E-state index contributed by atoms with van der Waals surface area (Å²) >= 11 is 0. The van der Waals surface area contributed by atoms with Crippen LogP contribution < -0.4 is 20.8 Å². The molecule has 0 aliphatic rings. The summed E-state index contributed by atoms with van der Waals surface area (Å²) in [7, 11) is -2.56. The van der Waals surface area contributed by atoms with Crippen LogP contribution in [-0.4, -0.2) is 56.2 Å². The van der Waals surface area contributed by atoms with Crippen molar-refractivity contribution in [3.63, 3.8) is 0 Å². The zero-order chi connectivity index (χ0) is 26.1. The van der Waals surface area contributed by atoms with Crippen molar-refractivity contribution in [2.24, 2.45) is 17.3 Å². The Morgan fingerprint density at radius 3 is 2.06 bits per heavy atom. The predicted octanol–water partition coefficient (Wildman–Crippen LogP) is 0.962. The van der Waals surface area contributed by atoms with Crippen molar-refractivity contribution in [1.82, 2.24) is 20.8 Å². The van der Waals surface area contributed by atoms with E-state index in [9.17, 15) is 28.0 Å². The summed E-state index contributed by atoms with van der Waals surface area (Å²) in [5.41, 5.74) is 1.61. The van der Waals surface area contributed by atoms with E-state index in [0.29, 0.717) is 0 Å². The van der Waals surface area contributed by atoms with Gasteiger partial charge >= 0.3 is 0 Å². The first kappa shape index (κ1) is 29.5. The number of carbonyl (C=O) groups excluding carboxylic acids is 3. The molecule has 34 heavy (non-hydrogen) atoms. The monoisotopic (exact) mass is 498 g/mol. The van der Waals surface area contributed by atoms with Gasteiger partial charge in [0.05, 0.1) is 11.7 Å². The van der Waals surface area contributed by atoms with E-state index >= 15 is 0 Å². The van der Waals surface area contributed by atoms with Crippen molar-refractivity contribution in [2.75, 3.05) is 12.8 Å². The molecule has 0 radical (unpaired) electrons. The van der Waals surface area contributed by atoms with Crippen molar-refractivity contribution in [1.29, 1.82) is 0 Å². The minimum atomic E-state index is -4.01. The van der Waals surface area contributed by atoms with Gasteiger partial charge in [-0.2, -0.15) is 0 Å².